The molecule has 4 aliphatic heterocycles. The van der Waals surface area contributed by atoms with Gasteiger partial charge in [-0.25, -0.2) is 0 Å². The lowest BCUT2D eigenvalue weighted by Gasteiger charge is -2.23. The highest BCUT2D eigenvalue weighted by Crippen LogP contribution is 2.31. The van der Waals surface area contributed by atoms with Crippen LogP contribution in [0.1, 0.15) is 15.9 Å². The molecule has 0 saturated carbocycles. The van der Waals surface area contributed by atoms with Crippen molar-refractivity contribution in [1.82, 2.24) is 0 Å². The van der Waals surface area contributed by atoms with Crippen LogP contribution < -0.4 is 19.3 Å². The van der Waals surface area contributed by atoms with Crippen molar-refractivity contribution in [3.8, 4) is 23.0 Å². The predicted octanol–water partition coefficient (Wildman–Crippen LogP) is 5.71. The highest BCUT2D eigenvalue weighted by atomic mass is 16.6. The van der Waals surface area contributed by atoms with Crippen molar-refractivity contribution in [3.63, 3.8) is 0 Å². The van der Waals surface area contributed by atoms with E-state index in [1.807, 2.05) is 60.7 Å². The van der Waals surface area contributed by atoms with Crippen LogP contribution in [-0.4, -0.2) is 82.8 Å². The molecule has 0 bridgehead atoms. The average molecular weight is 621 g/mol. The quantitative estimate of drug-likeness (QED) is 0.115. The van der Waals surface area contributed by atoms with Gasteiger partial charge in [0, 0.05) is 60.8 Å². The van der Waals surface area contributed by atoms with E-state index in [1.54, 1.807) is 24.3 Å². The van der Waals surface area contributed by atoms with E-state index in [2.05, 4.69) is 21.9 Å². The molecule has 4 atom stereocenters. The summed E-state index contributed by atoms with van der Waals surface area (Å²) in [6, 6.07) is 30.6. The van der Waals surface area contributed by atoms with Crippen molar-refractivity contribution in [2.45, 2.75) is 24.4 Å². The summed E-state index contributed by atoms with van der Waals surface area (Å²) in [6.07, 6.45) is 1.13. The van der Waals surface area contributed by atoms with Crippen LogP contribution in [-0.2, 0) is 18.9 Å². The van der Waals surface area contributed by atoms with Crippen molar-refractivity contribution < 1.29 is 33.2 Å². The molecule has 0 aliphatic carbocycles. The molecule has 9 nitrogen and oxygen atoms in total. The second kappa shape index (κ2) is 12.8. The average Bonchev–Trinajstić information content (AvgIpc) is 3.87. The maximum absolute atomic E-state index is 13.3. The van der Waals surface area contributed by atoms with Gasteiger partial charge in [-0.05, 0) is 72.8 Å². The molecule has 0 radical (unpaired) electrons. The van der Waals surface area contributed by atoms with Crippen LogP contribution in [0.25, 0.3) is 0 Å². The van der Waals surface area contributed by atoms with E-state index in [0.717, 1.165) is 75.5 Å². The normalized spacial score (nSPS) is 22.1. The fourth-order valence-electron chi connectivity index (χ4n) is 5.52. The molecular weight excluding hydrogens is 584 g/mol. The highest BCUT2D eigenvalue weighted by Gasteiger charge is 2.32. The number of carbonyl (C=O) groups excluding carboxylic acids is 1. The Morgan fingerprint density at radius 3 is 1.20 bits per heavy atom. The first kappa shape index (κ1) is 29.0. The first-order valence-corrected chi connectivity index (χ1v) is 15.9. The van der Waals surface area contributed by atoms with E-state index in [4.69, 9.17) is 28.4 Å². The SMILES string of the molecule is O=C(c1ccc(Oc2cccc(N(CC3CO3)CC3CO3)c2)cc1)c1ccc(Oc2cccc(N(CC3CO3)CC3CO3)c2)cc1. The predicted molar refractivity (Wildman–Crippen MR) is 173 cm³/mol. The summed E-state index contributed by atoms with van der Waals surface area (Å²) in [5.74, 6) is 2.73. The number of hydrogen-bond donors (Lipinski definition) is 0. The summed E-state index contributed by atoms with van der Waals surface area (Å²) in [6.45, 7) is 6.59. The van der Waals surface area contributed by atoms with Gasteiger partial charge < -0.3 is 38.2 Å². The Kier molecular flexibility index (Phi) is 8.06. The van der Waals surface area contributed by atoms with Gasteiger partial charge in [0.2, 0.25) is 0 Å². The maximum atomic E-state index is 13.3. The maximum Gasteiger partial charge on any atom is 0.193 e. The molecule has 4 aliphatic rings. The zero-order chi connectivity index (χ0) is 30.9. The molecule has 4 unspecified atom stereocenters. The first-order chi connectivity index (χ1) is 22.6. The topological polar surface area (TPSA) is 92.1 Å². The van der Waals surface area contributed by atoms with Crippen molar-refractivity contribution in [1.29, 1.82) is 0 Å². The molecule has 4 saturated heterocycles. The molecule has 4 heterocycles. The molecule has 4 aromatic carbocycles. The van der Waals surface area contributed by atoms with Gasteiger partial charge in [-0.15, -0.1) is 0 Å². The Balaban J connectivity index is 0.887. The van der Waals surface area contributed by atoms with Gasteiger partial charge in [-0.3, -0.25) is 4.79 Å². The molecule has 4 fully saturated rings. The monoisotopic (exact) mass is 620 g/mol. The first-order valence-electron chi connectivity index (χ1n) is 15.9. The molecule has 8 rings (SSSR count). The van der Waals surface area contributed by atoms with E-state index in [-0.39, 0.29) is 30.2 Å². The molecule has 236 valence electrons. The third-order valence-electron chi connectivity index (χ3n) is 8.38. The number of ketones is 1. The Morgan fingerprint density at radius 1 is 0.522 bits per heavy atom. The number of hydrogen-bond acceptors (Lipinski definition) is 9. The molecule has 46 heavy (non-hydrogen) atoms. The van der Waals surface area contributed by atoms with Gasteiger partial charge in [0.15, 0.2) is 5.78 Å². The van der Waals surface area contributed by atoms with E-state index in [1.165, 1.54) is 0 Å². The van der Waals surface area contributed by atoms with Gasteiger partial charge in [-0.1, -0.05) is 12.1 Å². The number of nitrogens with zero attached hydrogens (tertiary/aromatic N) is 2. The van der Waals surface area contributed by atoms with Crippen LogP contribution in [0.2, 0.25) is 0 Å². The standard InChI is InChI=1S/C37H36N2O7/c40-37(25-7-11-29(12-8-25)45-31-5-1-3-27(15-31)38(17-33-21-41-33)18-34-22-42-34)26-9-13-30(14-10-26)46-32-6-2-4-28(16-32)39(19-35-23-43-35)20-36-24-44-36/h1-16,33-36H,17-24H2. The molecule has 4 aromatic rings. The van der Waals surface area contributed by atoms with Gasteiger partial charge >= 0.3 is 0 Å². The number of anilines is 2. The highest BCUT2D eigenvalue weighted by molar-refractivity contribution is 6.09. The zero-order valence-corrected chi connectivity index (χ0v) is 25.5. The molecule has 0 spiro atoms. The lowest BCUT2D eigenvalue weighted by molar-refractivity contribution is 0.103. The summed E-state index contributed by atoms with van der Waals surface area (Å²) in [5, 5.41) is 0. The summed E-state index contributed by atoms with van der Waals surface area (Å²) in [7, 11) is 0. The number of epoxide rings is 4. The number of carbonyl (C=O) groups is 1. The van der Waals surface area contributed by atoms with Crippen molar-refractivity contribution in [3.05, 3.63) is 108 Å². The molecule has 0 aromatic heterocycles. The Bertz CT molecular complexity index is 1510. The fourth-order valence-corrected chi connectivity index (χ4v) is 5.52. The van der Waals surface area contributed by atoms with Gasteiger partial charge in [-0.2, -0.15) is 0 Å². The minimum absolute atomic E-state index is 0.0671. The van der Waals surface area contributed by atoms with Gasteiger partial charge in [0.25, 0.3) is 0 Å². The van der Waals surface area contributed by atoms with Crippen LogP contribution in [0.3, 0.4) is 0 Å². The summed E-state index contributed by atoms with van der Waals surface area (Å²) < 4.78 is 34.1. The molecule has 9 heteroatoms. The van der Waals surface area contributed by atoms with Gasteiger partial charge in [0.05, 0.1) is 50.8 Å². The largest absolute Gasteiger partial charge is 0.457 e. The third-order valence-corrected chi connectivity index (χ3v) is 8.38. The van der Waals surface area contributed by atoms with Crippen molar-refractivity contribution in [2.24, 2.45) is 0 Å². The van der Waals surface area contributed by atoms with Gasteiger partial charge in [0.1, 0.15) is 23.0 Å². The second-order valence-electron chi connectivity index (χ2n) is 12.2. The summed E-state index contributed by atoms with van der Waals surface area (Å²) >= 11 is 0. The zero-order valence-electron chi connectivity index (χ0n) is 25.5. The second-order valence-corrected chi connectivity index (χ2v) is 12.2. The van der Waals surface area contributed by atoms with Crippen LogP contribution >= 0.6 is 0 Å². The lowest BCUT2D eigenvalue weighted by atomic mass is 10.0. The number of ether oxygens (including phenoxy) is 6. The van der Waals surface area contributed by atoms with Crippen LogP contribution in [0, 0.1) is 0 Å². The Morgan fingerprint density at radius 2 is 0.870 bits per heavy atom. The minimum atomic E-state index is -0.0671. The number of rotatable bonds is 16. The minimum Gasteiger partial charge on any atom is -0.457 e. The smallest absolute Gasteiger partial charge is 0.193 e. The Labute approximate surface area is 268 Å². The number of benzene rings is 4. The van der Waals surface area contributed by atoms with E-state index in [0.29, 0.717) is 22.6 Å². The summed E-state index contributed by atoms with van der Waals surface area (Å²) in [4.78, 5) is 17.9. The lowest BCUT2D eigenvalue weighted by Crippen LogP contribution is -2.31. The van der Waals surface area contributed by atoms with E-state index in [9.17, 15) is 4.79 Å². The van der Waals surface area contributed by atoms with Crippen molar-refractivity contribution in [2.75, 3.05) is 62.4 Å². The van der Waals surface area contributed by atoms with E-state index >= 15 is 0 Å². The third kappa shape index (κ3) is 7.68. The van der Waals surface area contributed by atoms with Crippen LogP contribution in [0.15, 0.2) is 97.1 Å². The fraction of sp³-hybridized carbons (Fsp3) is 0.324. The van der Waals surface area contributed by atoms with Crippen molar-refractivity contribution >= 4 is 17.2 Å². The molecule has 0 amide bonds. The Hall–Kier alpha value is -4.41. The summed E-state index contributed by atoms with van der Waals surface area (Å²) in [5.41, 5.74) is 3.32. The molecule has 0 N–H and O–H groups in total. The van der Waals surface area contributed by atoms with E-state index < -0.39 is 0 Å². The van der Waals surface area contributed by atoms with Crippen LogP contribution in [0.5, 0.6) is 23.0 Å². The molecular formula is C37H36N2O7. The van der Waals surface area contributed by atoms with Crippen LogP contribution in [0.4, 0.5) is 11.4 Å².